The van der Waals surface area contributed by atoms with Gasteiger partial charge in [-0.15, -0.1) is 0 Å². The van der Waals surface area contributed by atoms with E-state index < -0.39 is 0 Å². The smallest absolute Gasteiger partial charge is 0.123 e. The molecular formula is C13H12ClFN2. The van der Waals surface area contributed by atoms with Gasteiger partial charge < -0.3 is 0 Å². The maximum atomic E-state index is 13.1. The zero-order valence-corrected chi connectivity index (χ0v) is 10.4. The van der Waals surface area contributed by atoms with Crippen LogP contribution in [0.25, 0.3) is 0 Å². The van der Waals surface area contributed by atoms with Crippen molar-refractivity contribution in [3.63, 3.8) is 0 Å². The fourth-order valence-electron chi connectivity index (χ4n) is 1.55. The molecule has 0 saturated heterocycles. The van der Waals surface area contributed by atoms with Crippen LogP contribution in [0.15, 0.2) is 24.4 Å². The second-order valence-electron chi connectivity index (χ2n) is 3.94. The van der Waals surface area contributed by atoms with E-state index in [-0.39, 0.29) is 5.82 Å². The molecule has 0 aliphatic heterocycles. The summed E-state index contributed by atoms with van der Waals surface area (Å²) in [5, 5.41) is 0.548. The number of hydrogen-bond donors (Lipinski definition) is 0. The lowest BCUT2D eigenvalue weighted by Crippen LogP contribution is -1.99. The monoisotopic (exact) mass is 250 g/mol. The number of aryl methyl sites for hydroxylation is 2. The van der Waals surface area contributed by atoms with Gasteiger partial charge in [-0.25, -0.2) is 4.39 Å². The van der Waals surface area contributed by atoms with Crippen molar-refractivity contribution in [3.8, 4) is 0 Å². The predicted molar refractivity (Wildman–Crippen MR) is 65.7 cm³/mol. The van der Waals surface area contributed by atoms with Crippen LogP contribution in [-0.2, 0) is 6.42 Å². The van der Waals surface area contributed by atoms with Crippen molar-refractivity contribution in [2.45, 2.75) is 20.3 Å². The molecule has 0 radical (unpaired) electrons. The Morgan fingerprint density at radius 2 is 2.00 bits per heavy atom. The molecule has 2 nitrogen and oxygen atoms in total. The summed E-state index contributed by atoms with van der Waals surface area (Å²) in [4.78, 5) is 8.62. The van der Waals surface area contributed by atoms with E-state index in [1.807, 2.05) is 13.8 Å². The van der Waals surface area contributed by atoms with Gasteiger partial charge in [-0.05, 0) is 37.6 Å². The zero-order chi connectivity index (χ0) is 12.4. The van der Waals surface area contributed by atoms with Crippen molar-refractivity contribution in [1.82, 2.24) is 9.97 Å². The first kappa shape index (κ1) is 12.0. The van der Waals surface area contributed by atoms with Crippen molar-refractivity contribution >= 4 is 11.6 Å². The van der Waals surface area contributed by atoms with Crippen LogP contribution >= 0.6 is 11.6 Å². The lowest BCUT2D eigenvalue weighted by molar-refractivity contribution is 0.626. The quantitative estimate of drug-likeness (QED) is 0.816. The Morgan fingerprint density at radius 1 is 1.24 bits per heavy atom. The fraction of sp³-hybridized carbons (Fsp3) is 0.231. The molecule has 0 N–H and O–H groups in total. The molecule has 4 heteroatoms. The standard InChI is InChI=1S/C13H12ClFN2/c1-8-9(2)17-12(7-16-8)6-10-5-11(15)3-4-13(10)14/h3-5,7H,6H2,1-2H3. The molecule has 0 saturated carbocycles. The van der Waals surface area contributed by atoms with E-state index >= 15 is 0 Å². The Kier molecular flexibility index (Phi) is 3.38. The van der Waals surface area contributed by atoms with Crippen LogP contribution in [0.5, 0.6) is 0 Å². The summed E-state index contributed by atoms with van der Waals surface area (Å²) < 4.78 is 13.1. The van der Waals surface area contributed by atoms with Crippen LogP contribution in [-0.4, -0.2) is 9.97 Å². The minimum absolute atomic E-state index is 0.291. The van der Waals surface area contributed by atoms with Crippen LogP contribution in [0.1, 0.15) is 22.6 Å². The normalized spacial score (nSPS) is 10.6. The Bertz CT molecular complexity index is 555. The number of benzene rings is 1. The van der Waals surface area contributed by atoms with Gasteiger partial charge in [0.1, 0.15) is 5.82 Å². The van der Waals surface area contributed by atoms with Crippen LogP contribution in [0, 0.1) is 19.7 Å². The second kappa shape index (κ2) is 4.80. The van der Waals surface area contributed by atoms with Crippen LogP contribution in [0.4, 0.5) is 4.39 Å². The molecule has 2 rings (SSSR count). The lowest BCUT2D eigenvalue weighted by Gasteiger charge is -2.06. The summed E-state index contributed by atoms with van der Waals surface area (Å²) in [6, 6.07) is 4.33. The van der Waals surface area contributed by atoms with Crippen molar-refractivity contribution in [3.05, 3.63) is 57.9 Å². The summed E-state index contributed by atoms with van der Waals surface area (Å²) >= 11 is 6.00. The molecule has 88 valence electrons. The average molecular weight is 251 g/mol. The number of halogens is 2. The number of aromatic nitrogens is 2. The molecular weight excluding hydrogens is 239 g/mol. The second-order valence-corrected chi connectivity index (χ2v) is 4.35. The summed E-state index contributed by atoms with van der Waals surface area (Å²) in [5.41, 5.74) is 3.30. The van der Waals surface area contributed by atoms with Gasteiger partial charge in [0.25, 0.3) is 0 Å². The highest BCUT2D eigenvalue weighted by molar-refractivity contribution is 6.31. The van der Waals surface area contributed by atoms with Gasteiger partial charge in [0, 0.05) is 17.6 Å². The Hall–Kier alpha value is -1.48. The van der Waals surface area contributed by atoms with E-state index in [0.29, 0.717) is 11.4 Å². The van der Waals surface area contributed by atoms with E-state index in [4.69, 9.17) is 11.6 Å². The van der Waals surface area contributed by atoms with E-state index in [1.165, 1.54) is 12.1 Å². The van der Waals surface area contributed by atoms with E-state index in [2.05, 4.69) is 9.97 Å². The van der Waals surface area contributed by atoms with Crippen molar-refractivity contribution in [1.29, 1.82) is 0 Å². The summed E-state index contributed by atoms with van der Waals surface area (Å²) in [6.45, 7) is 3.81. The third-order valence-electron chi connectivity index (χ3n) is 2.62. The van der Waals surface area contributed by atoms with Crippen molar-refractivity contribution in [2.24, 2.45) is 0 Å². The van der Waals surface area contributed by atoms with Crippen LogP contribution < -0.4 is 0 Å². The molecule has 0 amide bonds. The number of rotatable bonds is 2. The molecule has 0 aliphatic rings. The van der Waals surface area contributed by atoms with Crippen LogP contribution in [0.2, 0.25) is 5.02 Å². The van der Waals surface area contributed by atoms with E-state index in [0.717, 1.165) is 22.6 Å². The molecule has 0 aliphatic carbocycles. The lowest BCUT2D eigenvalue weighted by atomic mass is 10.1. The minimum atomic E-state index is -0.291. The predicted octanol–water partition coefficient (Wildman–Crippen LogP) is 3.48. The van der Waals surface area contributed by atoms with E-state index in [9.17, 15) is 4.39 Å². The van der Waals surface area contributed by atoms with Gasteiger partial charge in [-0.3, -0.25) is 9.97 Å². The highest BCUT2D eigenvalue weighted by Crippen LogP contribution is 2.19. The fourth-order valence-corrected chi connectivity index (χ4v) is 1.73. The van der Waals surface area contributed by atoms with Gasteiger partial charge >= 0.3 is 0 Å². The molecule has 0 fully saturated rings. The molecule has 1 heterocycles. The third kappa shape index (κ3) is 2.80. The molecule has 0 unspecified atom stereocenters. The van der Waals surface area contributed by atoms with E-state index in [1.54, 1.807) is 12.3 Å². The largest absolute Gasteiger partial charge is 0.258 e. The Labute approximate surface area is 104 Å². The summed E-state index contributed by atoms with van der Waals surface area (Å²) in [7, 11) is 0. The number of hydrogen-bond acceptors (Lipinski definition) is 2. The molecule has 2 aromatic rings. The first-order chi connectivity index (χ1) is 8.06. The van der Waals surface area contributed by atoms with Gasteiger partial charge in [-0.1, -0.05) is 11.6 Å². The van der Waals surface area contributed by atoms with Gasteiger partial charge in [0.05, 0.1) is 17.1 Å². The van der Waals surface area contributed by atoms with Gasteiger partial charge in [0.2, 0.25) is 0 Å². The third-order valence-corrected chi connectivity index (χ3v) is 2.99. The van der Waals surface area contributed by atoms with Crippen molar-refractivity contribution < 1.29 is 4.39 Å². The minimum Gasteiger partial charge on any atom is -0.258 e. The Balaban J connectivity index is 2.31. The zero-order valence-electron chi connectivity index (χ0n) is 9.67. The molecule has 17 heavy (non-hydrogen) atoms. The average Bonchev–Trinajstić information content (AvgIpc) is 2.29. The maximum absolute atomic E-state index is 13.1. The molecule has 1 aromatic heterocycles. The van der Waals surface area contributed by atoms with Crippen LogP contribution in [0.3, 0.4) is 0 Å². The molecule has 1 aromatic carbocycles. The molecule has 0 bridgehead atoms. The molecule has 0 spiro atoms. The topological polar surface area (TPSA) is 25.8 Å². The highest BCUT2D eigenvalue weighted by atomic mass is 35.5. The number of nitrogens with zero attached hydrogens (tertiary/aromatic N) is 2. The maximum Gasteiger partial charge on any atom is 0.123 e. The highest BCUT2D eigenvalue weighted by Gasteiger charge is 2.06. The first-order valence-electron chi connectivity index (χ1n) is 5.29. The summed E-state index contributed by atoms with van der Waals surface area (Å²) in [6.07, 6.45) is 2.19. The van der Waals surface area contributed by atoms with Crippen molar-refractivity contribution in [2.75, 3.05) is 0 Å². The Morgan fingerprint density at radius 3 is 2.71 bits per heavy atom. The SMILES string of the molecule is Cc1ncc(Cc2cc(F)ccc2Cl)nc1C. The van der Waals surface area contributed by atoms with Gasteiger partial charge in [-0.2, -0.15) is 0 Å². The first-order valence-corrected chi connectivity index (χ1v) is 5.67. The molecule has 0 atom stereocenters. The van der Waals surface area contributed by atoms with Gasteiger partial charge in [0.15, 0.2) is 0 Å². The summed E-state index contributed by atoms with van der Waals surface area (Å²) in [5.74, 6) is -0.291.